The summed E-state index contributed by atoms with van der Waals surface area (Å²) in [5.74, 6) is -8.33. The Kier molecular flexibility index (Phi) is 30.1. The highest BCUT2D eigenvalue weighted by molar-refractivity contribution is 5.98. The molecule has 8 N–H and O–H groups in total. The standard InChI is InChI=1S/C27H38N4O10.C23H32N4O8/c1-5-17(3)24(27(39)40-4)30-21(33)16-31-15-9-11-19(26(31)38)29-25(37)18(28-20(32)13-14-22(34)35)10-7-8-12-23(36)41-6-2;1-5-14(2)20(23(34)35-4)26-18(29)13-27-12-8-10-17(22(27)33)25-21(32)16(24-15(3)28)9-6-7-11-19(30)31/h8-9,11-12,15,17-18,24H,5-7,10,13-14,16H2,1-4H3,(H,28,32)(H,29,37)(H,30,33)(H,34,35);7-8,10-12,14,16,20H,5-6,9,13H2,1-4H3,(H,24,28)(H,25,32)(H,26,29)(H,30,31)/t17-,18?,24+;14-,16?,20+/m11/s1. The minimum absolute atomic E-state index is 0.0223. The van der Waals surface area contributed by atoms with Crippen LogP contribution in [0.15, 0.2) is 70.6 Å². The molecule has 2 rings (SSSR count). The molecule has 0 fully saturated rings. The third-order valence-corrected chi connectivity index (χ3v) is 11.1. The molecule has 0 bridgehead atoms. The average Bonchev–Trinajstić information content (AvgIpc) is 3.37. The first kappa shape index (κ1) is 65.6. The van der Waals surface area contributed by atoms with Gasteiger partial charge < -0.3 is 65.5 Å². The van der Waals surface area contributed by atoms with Crippen molar-refractivity contribution in [2.24, 2.45) is 11.8 Å². The lowest BCUT2D eigenvalue weighted by atomic mass is 9.99. The normalized spacial score (nSPS) is 13.2. The molecule has 0 aromatic carbocycles. The highest BCUT2D eigenvalue weighted by Crippen LogP contribution is 2.12. The number of carbonyl (C=O) groups excluding carboxylic acids is 9. The quantitative estimate of drug-likeness (QED) is 0.0309. The van der Waals surface area contributed by atoms with Crippen molar-refractivity contribution in [1.29, 1.82) is 0 Å². The molecule has 0 aliphatic rings. The summed E-state index contributed by atoms with van der Waals surface area (Å²) in [5, 5.41) is 32.4. The molecule has 6 atom stereocenters. The van der Waals surface area contributed by atoms with Gasteiger partial charge in [0.2, 0.25) is 35.4 Å². The van der Waals surface area contributed by atoms with Crippen LogP contribution in [0.2, 0.25) is 0 Å². The van der Waals surface area contributed by atoms with Crippen LogP contribution >= 0.6 is 0 Å². The molecule has 0 aliphatic heterocycles. The number of nitrogens with zero attached hydrogens (tertiary/aromatic N) is 2. The number of pyridine rings is 2. The number of aliphatic carboxylic acids is 2. The van der Waals surface area contributed by atoms with Crippen LogP contribution < -0.4 is 43.0 Å². The number of ether oxygens (including phenoxy) is 3. The number of amides is 6. The van der Waals surface area contributed by atoms with Crippen molar-refractivity contribution >= 4 is 76.7 Å². The first-order chi connectivity index (χ1) is 35.9. The highest BCUT2D eigenvalue weighted by atomic mass is 16.5. The van der Waals surface area contributed by atoms with Gasteiger partial charge in [-0.15, -0.1) is 0 Å². The highest BCUT2D eigenvalue weighted by Gasteiger charge is 2.29. The first-order valence-corrected chi connectivity index (χ1v) is 24.2. The molecular weight excluding hydrogens is 1000 g/mol. The number of methoxy groups -OCH3 is 2. The van der Waals surface area contributed by atoms with E-state index in [1.807, 2.05) is 13.8 Å². The second-order valence-electron chi connectivity index (χ2n) is 16.9. The van der Waals surface area contributed by atoms with E-state index in [1.54, 1.807) is 20.8 Å². The molecule has 2 aromatic heterocycles. The van der Waals surface area contributed by atoms with Gasteiger partial charge in [0.05, 0.1) is 27.2 Å². The number of nitrogens with one attached hydrogen (secondary N) is 6. The molecule has 26 nitrogen and oxygen atoms in total. The topological polar surface area (TPSA) is 372 Å². The molecule has 2 heterocycles. The zero-order valence-electron chi connectivity index (χ0n) is 43.8. The fourth-order valence-corrected chi connectivity index (χ4v) is 6.64. The number of anilines is 2. The maximum absolute atomic E-state index is 13.0. The van der Waals surface area contributed by atoms with Gasteiger partial charge in [0, 0.05) is 37.9 Å². The van der Waals surface area contributed by atoms with Crippen LogP contribution in [0.5, 0.6) is 0 Å². The molecule has 26 heteroatoms. The summed E-state index contributed by atoms with van der Waals surface area (Å²) >= 11 is 0. The van der Waals surface area contributed by atoms with Crippen molar-refractivity contribution in [3.8, 4) is 0 Å². The van der Waals surface area contributed by atoms with Gasteiger partial charge in [0.1, 0.15) is 48.6 Å². The van der Waals surface area contributed by atoms with Gasteiger partial charge in [0.15, 0.2) is 0 Å². The molecule has 0 saturated carbocycles. The third kappa shape index (κ3) is 24.5. The van der Waals surface area contributed by atoms with Crippen LogP contribution in [-0.2, 0) is 80.0 Å². The van der Waals surface area contributed by atoms with E-state index in [4.69, 9.17) is 24.4 Å². The lowest BCUT2D eigenvalue weighted by Crippen LogP contribution is -2.47. The number of carboxylic acids is 2. The number of carbonyl (C=O) groups is 11. The van der Waals surface area contributed by atoms with Crippen LogP contribution in [0, 0.1) is 11.8 Å². The van der Waals surface area contributed by atoms with Crippen molar-refractivity contribution in [3.05, 3.63) is 81.7 Å². The average molecular weight is 1070 g/mol. The van der Waals surface area contributed by atoms with Crippen LogP contribution in [0.1, 0.15) is 92.9 Å². The number of hydrogen-bond donors (Lipinski definition) is 8. The molecule has 6 amide bonds. The van der Waals surface area contributed by atoms with E-state index in [9.17, 15) is 62.3 Å². The summed E-state index contributed by atoms with van der Waals surface area (Å²) in [7, 11) is 2.43. The molecule has 0 aliphatic carbocycles. The van der Waals surface area contributed by atoms with Crippen molar-refractivity contribution in [2.75, 3.05) is 31.5 Å². The van der Waals surface area contributed by atoms with Gasteiger partial charge in [-0.25, -0.2) is 19.2 Å². The van der Waals surface area contributed by atoms with Crippen molar-refractivity contribution in [3.63, 3.8) is 0 Å². The van der Waals surface area contributed by atoms with E-state index in [0.29, 0.717) is 12.8 Å². The van der Waals surface area contributed by atoms with Gasteiger partial charge in [-0.05, 0) is 68.7 Å². The predicted molar refractivity (Wildman–Crippen MR) is 273 cm³/mol. The molecule has 0 radical (unpaired) electrons. The minimum atomic E-state index is -1.19. The molecule has 76 heavy (non-hydrogen) atoms. The van der Waals surface area contributed by atoms with E-state index in [1.165, 1.54) is 76.0 Å². The van der Waals surface area contributed by atoms with Gasteiger partial charge in [0.25, 0.3) is 11.1 Å². The van der Waals surface area contributed by atoms with Crippen LogP contribution in [0.4, 0.5) is 11.4 Å². The van der Waals surface area contributed by atoms with E-state index in [2.05, 4.69) is 31.9 Å². The third-order valence-electron chi connectivity index (χ3n) is 11.1. The zero-order valence-corrected chi connectivity index (χ0v) is 43.8. The molecular formula is C50H70N8O18. The van der Waals surface area contributed by atoms with E-state index in [-0.39, 0.29) is 61.9 Å². The number of allylic oxidation sites excluding steroid dienone is 2. The molecule has 0 saturated heterocycles. The van der Waals surface area contributed by atoms with Crippen LogP contribution in [0.25, 0.3) is 0 Å². The van der Waals surface area contributed by atoms with E-state index >= 15 is 0 Å². The van der Waals surface area contributed by atoms with Crippen molar-refractivity contribution in [2.45, 2.75) is 130 Å². The molecule has 418 valence electrons. The zero-order chi connectivity index (χ0) is 57.5. The van der Waals surface area contributed by atoms with Crippen molar-refractivity contribution in [1.82, 2.24) is 30.4 Å². The Morgan fingerprint density at radius 2 is 1.05 bits per heavy atom. The Labute approximate surface area is 438 Å². The minimum Gasteiger partial charge on any atom is -0.481 e. The number of aromatic nitrogens is 2. The predicted octanol–water partition coefficient (Wildman–Crippen LogP) is 1.16. The fourth-order valence-electron chi connectivity index (χ4n) is 6.64. The van der Waals surface area contributed by atoms with E-state index in [0.717, 1.165) is 15.2 Å². The lowest BCUT2D eigenvalue weighted by molar-refractivity contribution is -0.147. The van der Waals surface area contributed by atoms with Gasteiger partial charge in [-0.3, -0.25) is 43.2 Å². The fraction of sp³-hybridized carbons (Fsp3) is 0.500. The lowest BCUT2D eigenvalue weighted by Gasteiger charge is -2.22. The largest absolute Gasteiger partial charge is 0.481 e. The second-order valence-corrected chi connectivity index (χ2v) is 16.9. The van der Waals surface area contributed by atoms with E-state index < -0.39 is 120 Å². The molecule has 2 aromatic rings. The molecule has 0 spiro atoms. The summed E-state index contributed by atoms with van der Waals surface area (Å²) < 4.78 is 16.4. The Balaban J connectivity index is 0.000000770. The monoisotopic (exact) mass is 1070 g/mol. The smallest absolute Gasteiger partial charge is 0.330 e. The van der Waals surface area contributed by atoms with Gasteiger partial charge in [-0.2, -0.15) is 0 Å². The maximum atomic E-state index is 13.0. The number of rotatable bonds is 30. The Hall–Kier alpha value is -8.45. The Morgan fingerprint density at radius 1 is 0.618 bits per heavy atom. The Bertz CT molecular complexity index is 2540. The summed E-state index contributed by atoms with van der Waals surface area (Å²) in [6, 6.07) is 1.59. The SMILES string of the molecule is CCOC(=O)C=CCCC(NC(=O)CCC(=O)O)C(=O)Nc1cccn(CC(=O)N[C@H](C(=O)OC)[C@H](C)CC)c1=O.CC[C@@H](C)[C@H](NC(=O)Cn1cccc(NC(=O)C(CCC=CC(=O)O)NC(C)=O)c1=O)C(=O)OC. The number of esters is 3. The number of carboxylic acid groups (broad SMARTS) is 2. The van der Waals surface area contributed by atoms with Crippen LogP contribution in [-0.4, -0.2) is 130 Å². The summed E-state index contributed by atoms with van der Waals surface area (Å²) in [6.07, 6.45) is 8.48. The second kappa shape index (κ2) is 34.9. The maximum Gasteiger partial charge on any atom is 0.330 e. The number of hydrogen-bond acceptors (Lipinski definition) is 16. The van der Waals surface area contributed by atoms with Gasteiger partial charge >= 0.3 is 29.8 Å². The van der Waals surface area contributed by atoms with Gasteiger partial charge in [-0.1, -0.05) is 52.7 Å². The summed E-state index contributed by atoms with van der Waals surface area (Å²) in [5.41, 5.74) is -1.68. The first-order valence-electron chi connectivity index (χ1n) is 24.2. The summed E-state index contributed by atoms with van der Waals surface area (Å²) in [4.78, 5) is 157. The summed E-state index contributed by atoms with van der Waals surface area (Å²) in [6.45, 7) is 9.48. The van der Waals surface area contributed by atoms with Crippen LogP contribution in [0.3, 0.4) is 0 Å². The van der Waals surface area contributed by atoms with Crippen molar-refractivity contribution < 1.29 is 77.2 Å². The molecule has 2 unspecified atom stereocenters. The Morgan fingerprint density at radius 3 is 1.43 bits per heavy atom.